The van der Waals surface area contributed by atoms with E-state index < -0.39 is 22.7 Å². The van der Waals surface area contributed by atoms with E-state index in [0.29, 0.717) is 18.0 Å². The zero-order chi connectivity index (χ0) is 22.7. The molecular weight excluding hydrogens is 463 g/mol. The van der Waals surface area contributed by atoms with Gasteiger partial charge in [-0.1, -0.05) is 34.8 Å². The highest BCUT2D eigenvalue weighted by atomic mass is 35.5. The summed E-state index contributed by atoms with van der Waals surface area (Å²) in [4.78, 5) is 41.3. The van der Waals surface area contributed by atoms with Gasteiger partial charge in [0.15, 0.2) is 0 Å². The number of rotatable bonds is 7. The minimum atomic E-state index is -0.701. The molecule has 0 atom stereocenters. The first-order valence-corrected chi connectivity index (χ1v) is 10.5. The predicted octanol–water partition coefficient (Wildman–Crippen LogP) is 4.67. The summed E-state index contributed by atoms with van der Waals surface area (Å²) in [5.41, 5.74) is -0.792. The number of nitrogens with one attached hydrogen (secondary N) is 1. The van der Waals surface area contributed by atoms with Crippen LogP contribution in [0.4, 0.5) is 0 Å². The third kappa shape index (κ3) is 5.28. The summed E-state index contributed by atoms with van der Waals surface area (Å²) < 4.78 is 5.70. The van der Waals surface area contributed by atoms with Crippen molar-refractivity contribution in [1.29, 1.82) is 0 Å². The van der Waals surface area contributed by atoms with Gasteiger partial charge in [-0.15, -0.1) is 0 Å². The van der Waals surface area contributed by atoms with Crippen LogP contribution in [0.3, 0.4) is 0 Å². The van der Waals surface area contributed by atoms with Crippen molar-refractivity contribution in [3.63, 3.8) is 0 Å². The predicted molar refractivity (Wildman–Crippen MR) is 123 cm³/mol. The van der Waals surface area contributed by atoms with E-state index in [1.165, 1.54) is 36.4 Å². The molecule has 0 saturated carbocycles. The van der Waals surface area contributed by atoms with Crippen LogP contribution in [0.1, 0.15) is 32.9 Å². The largest absolute Gasteiger partial charge is 0.450 e. The van der Waals surface area contributed by atoms with E-state index >= 15 is 0 Å². The van der Waals surface area contributed by atoms with Crippen molar-refractivity contribution in [2.24, 2.45) is 0 Å². The summed E-state index contributed by atoms with van der Waals surface area (Å²) in [6.07, 6.45) is 0.683. The van der Waals surface area contributed by atoms with Gasteiger partial charge in [0.05, 0.1) is 15.4 Å². The van der Waals surface area contributed by atoms with Gasteiger partial charge in [0.1, 0.15) is 11.1 Å². The van der Waals surface area contributed by atoms with Gasteiger partial charge in [-0.25, -0.2) is 0 Å². The normalized spacial score (nSPS) is 11.2. The molecule has 2 aromatic carbocycles. The molecule has 162 valence electrons. The minimum Gasteiger partial charge on any atom is -0.450 e. The highest BCUT2D eigenvalue weighted by Crippen LogP contribution is 2.26. The van der Waals surface area contributed by atoms with E-state index in [9.17, 15) is 14.4 Å². The fourth-order valence-electron chi connectivity index (χ4n) is 2.99. The maximum atomic E-state index is 13.2. The van der Waals surface area contributed by atoms with Gasteiger partial charge in [-0.2, -0.15) is 0 Å². The molecule has 0 spiro atoms. The molecule has 0 unspecified atom stereocenters. The summed E-state index contributed by atoms with van der Waals surface area (Å²) in [5, 5.41) is 3.51. The van der Waals surface area contributed by atoms with E-state index in [0.717, 1.165) is 6.54 Å². The van der Waals surface area contributed by atoms with Crippen LogP contribution in [0.5, 0.6) is 0 Å². The number of halogens is 3. The summed E-state index contributed by atoms with van der Waals surface area (Å²) in [6, 6.07) is 8.62. The van der Waals surface area contributed by atoms with Crippen LogP contribution in [0.2, 0.25) is 15.1 Å². The fraction of sp³-hybridized carbons (Fsp3) is 0.227. The molecule has 0 aliphatic carbocycles. The lowest BCUT2D eigenvalue weighted by molar-refractivity contribution is 0.0912. The molecule has 0 bridgehead atoms. The molecule has 31 heavy (non-hydrogen) atoms. The van der Waals surface area contributed by atoms with Crippen molar-refractivity contribution in [3.05, 3.63) is 78.6 Å². The van der Waals surface area contributed by atoms with Gasteiger partial charge in [0.25, 0.3) is 5.91 Å². The quantitative estimate of drug-likeness (QED) is 0.392. The first-order valence-electron chi connectivity index (χ1n) is 9.38. The average Bonchev–Trinajstić information content (AvgIpc) is 2.72. The molecule has 0 fully saturated rings. The Morgan fingerprint density at radius 1 is 1.03 bits per heavy atom. The number of hydrogen-bond acceptors (Lipinski definition) is 5. The first kappa shape index (κ1) is 23.3. The summed E-state index contributed by atoms with van der Waals surface area (Å²) >= 11 is 18.0. The van der Waals surface area contributed by atoms with Crippen LogP contribution in [-0.4, -0.2) is 43.8 Å². The average molecular weight is 482 g/mol. The molecule has 1 aromatic heterocycles. The van der Waals surface area contributed by atoms with E-state index in [2.05, 4.69) is 5.32 Å². The third-order valence-corrected chi connectivity index (χ3v) is 5.51. The van der Waals surface area contributed by atoms with Crippen molar-refractivity contribution in [1.82, 2.24) is 10.2 Å². The van der Waals surface area contributed by atoms with E-state index in [1.54, 1.807) is 0 Å². The zero-order valence-corrected chi connectivity index (χ0v) is 19.1. The molecule has 1 N–H and O–H groups in total. The molecule has 6 nitrogen and oxygen atoms in total. The fourth-order valence-corrected chi connectivity index (χ4v) is 3.46. The number of ketones is 1. The molecule has 3 rings (SSSR count). The van der Waals surface area contributed by atoms with Crippen LogP contribution in [0.25, 0.3) is 11.0 Å². The summed E-state index contributed by atoms with van der Waals surface area (Å²) in [5.74, 6) is -1.72. The van der Waals surface area contributed by atoms with Crippen LogP contribution in [0.15, 0.2) is 45.6 Å². The summed E-state index contributed by atoms with van der Waals surface area (Å²) in [7, 11) is 3.84. The Hall–Kier alpha value is -2.38. The van der Waals surface area contributed by atoms with E-state index in [1.807, 2.05) is 19.0 Å². The lowest BCUT2D eigenvalue weighted by atomic mass is 10.00. The highest BCUT2D eigenvalue weighted by Gasteiger charge is 2.27. The number of carbonyl (C=O) groups is 2. The molecule has 9 heteroatoms. The van der Waals surface area contributed by atoms with Crippen LogP contribution < -0.4 is 10.7 Å². The molecule has 0 radical (unpaired) electrons. The molecule has 1 amide bonds. The second-order valence-corrected chi connectivity index (χ2v) is 8.40. The van der Waals surface area contributed by atoms with Gasteiger partial charge in [-0.05, 0) is 63.5 Å². The molecular formula is C22H19Cl3N2O4. The standard InChI is InChI=1S/C22H19Cl3N2O4/c1-27(2)9-3-8-26-22(30)21-18(19(28)12-4-6-15(24)16(25)10-12)20(29)14-11-13(23)5-7-17(14)31-21/h4-7,10-11H,3,8-9H2,1-2H3,(H,26,30). The Balaban J connectivity index is 2.10. The second kappa shape index (κ2) is 9.83. The van der Waals surface area contributed by atoms with E-state index in [4.69, 9.17) is 39.2 Å². The van der Waals surface area contributed by atoms with Gasteiger partial charge in [0.2, 0.25) is 17.0 Å². The van der Waals surface area contributed by atoms with Crippen molar-refractivity contribution >= 4 is 57.5 Å². The lowest BCUT2D eigenvalue weighted by Crippen LogP contribution is -2.31. The maximum absolute atomic E-state index is 13.2. The van der Waals surface area contributed by atoms with Crippen LogP contribution in [0, 0.1) is 0 Å². The first-order chi connectivity index (χ1) is 14.7. The van der Waals surface area contributed by atoms with Gasteiger partial charge in [0, 0.05) is 17.1 Å². The third-order valence-electron chi connectivity index (χ3n) is 4.54. The molecule has 0 saturated heterocycles. The topological polar surface area (TPSA) is 79.6 Å². The smallest absolute Gasteiger partial charge is 0.287 e. The van der Waals surface area contributed by atoms with Gasteiger partial charge < -0.3 is 14.6 Å². The van der Waals surface area contributed by atoms with Crippen LogP contribution in [-0.2, 0) is 0 Å². The number of nitrogens with zero attached hydrogens (tertiary/aromatic N) is 1. The van der Waals surface area contributed by atoms with Gasteiger partial charge in [-0.3, -0.25) is 14.4 Å². The summed E-state index contributed by atoms with van der Waals surface area (Å²) in [6.45, 7) is 1.11. The Morgan fingerprint density at radius 2 is 1.77 bits per heavy atom. The Labute approximate surface area is 193 Å². The number of carbonyl (C=O) groups excluding carboxylic acids is 2. The Kier molecular flexibility index (Phi) is 7.38. The Morgan fingerprint density at radius 3 is 2.45 bits per heavy atom. The van der Waals surface area contributed by atoms with Crippen LogP contribution >= 0.6 is 34.8 Å². The molecule has 1 heterocycles. The second-order valence-electron chi connectivity index (χ2n) is 7.15. The number of amides is 1. The number of fused-ring (bicyclic) bond motifs is 1. The monoisotopic (exact) mass is 480 g/mol. The Bertz CT molecular complexity index is 1220. The SMILES string of the molecule is CN(C)CCCNC(=O)c1oc2ccc(Cl)cc2c(=O)c1C(=O)c1ccc(Cl)c(Cl)c1. The number of benzene rings is 2. The van der Waals surface area contributed by atoms with Gasteiger partial charge >= 0.3 is 0 Å². The lowest BCUT2D eigenvalue weighted by Gasteiger charge is -2.12. The zero-order valence-electron chi connectivity index (χ0n) is 16.8. The van der Waals surface area contributed by atoms with Crippen molar-refractivity contribution in [2.45, 2.75) is 6.42 Å². The van der Waals surface area contributed by atoms with Crippen molar-refractivity contribution < 1.29 is 14.0 Å². The number of hydrogen-bond donors (Lipinski definition) is 1. The van der Waals surface area contributed by atoms with Crippen molar-refractivity contribution in [3.8, 4) is 0 Å². The highest BCUT2D eigenvalue weighted by molar-refractivity contribution is 6.42. The molecule has 0 aliphatic heterocycles. The minimum absolute atomic E-state index is 0.0973. The van der Waals surface area contributed by atoms with Crippen molar-refractivity contribution in [2.75, 3.05) is 27.2 Å². The molecule has 3 aromatic rings. The molecule has 0 aliphatic rings. The maximum Gasteiger partial charge on any atom is 0.287 e. The van der Waals surface area contributed by atoms with E-state index in [-0.39, 0.29) is 32.3 Å².